The molecule has 1 unspecified atom stereocenters. The Kier molecular flexibility index (Phi) is 6.72. The van der Waals surface area contributed by atoms with E-state index in [4.69, 9.17) is 0 Å². The maximum atomic E-state index is 9.23. The topological polar surface area (TPSA) is 39.1 Å². The van der Waals surface area contributed by atoms with Gasteiger partial charge in [0.25, 0.3) is 0 Å². The third kappa shape index (κ3) is 4.84. The highest BCUT2D eigenvalue weighted by molar-refractivity contribution is 5.20. The number of nitriles is 1. The highest BCUT2D eigenvalue weighted by atomic mass is 15.2. The predicted molar refractivity (Wildman–Crippen MR) is 86.9 cm³/mol. The molecule has 1 N–H and O–H groups in total. The fourth-order valence-corrected chi connectivity index (χ4v) is 3.28. The van der Waals surface area contributed by atoms with Crippen LogP contribution < -0.4 is 5.32 Å². The Bertz CT molecular complexity index is 432. The van der Waals surface area contributed by atoms with Crippen LogP contribution in [0.3, 0.4) is 0 Å². The minimum Gasteiger partial charge on any atom is -0.317 e. The summed E-state index contributed by atoms with van der Waals surface area (Å²) in [7, 11) is 0. The van der Waals surface area contributed by atoms with Crippen LogP contribution in [0, 0.1) is 17.2 Å². The molecular formula is C18H27N3. The lowest BCUT2D eigenvalue weighted by atomic mass is 9.95. The second-order valence-electron chi connectivity index (χ2n) is 5.98. The third-order valence-electron chi connectivity index (χ3n) is 4.37. The summed E-state index contributed by atoms with van der Waals surface area (Å²) in [5.74, 6) is 0.766. The highest BCUT2D eigenvalue weighted by Gasteiger charge is 2.23. The van der Waals surface area contributed by atoms with Crippen LogP contribution in [0.5, 0.6) is 0 Å². The normalized spacial score (nSPS) is 17.6. The van der Waals surface area contributed by atoms with Crippen LogP contribution in [-0.2, 0) is 0 Å². The maximum absolute atomic E-state index is 9.23. The van der Waals surface area contributed by atoms with Gasteiger partial charge in [-0.1, -0.05) is 37.3 Å². The number of nitrogens with zero attached hydrogens (tertiary/aromatic N) is 2. The summed E-state index contributed by atoms with van der Waals surface area (Å²) >= 11 is 0. The van der Waals surface area contributed by atoms with E-state index in [0.717, 1.165) is 38.5 Å². The van der Waals surface area contributed by atoms with Crippen molar-refractivity contribution >= 4 is 0 Å². The van der Waals surface area contributed by atoms with Crippen LogP contribution in [0.15, 0.2) is 30.3 Å². The van der Waals surface area contributed by atoms with Crippen LogP contribution in [0.1, 0.15) is 44.2 Å². The molecule has 1 aromatic rings. The minimum atomic E-state index is 0.242. The molecule has 2 rings (SSSR count). The first-order chi connectivity index (χ1) is 10.3. The molecule has 1 aromatic carbocycles. The van der Waals surface area contributed by atoms with E-state index in [2.05, 4.69) is 47.5 Å². The lowest BCUT2D eigenvalue weighted by molar-refractivity contribution is 0.153. The van der Waals surface area contributed by atoms with E-state index in [1.54, 1.807) is 0 Å². The van der Waals surface area contributed by atoms with Gasteiger partial charge in [-0.2, -0.15) is 5.26 Å². The molecule has 1 aliphatic heterocycles. The standard InChI is InChI=1S/C18H27N3/c1-2-14-21(15-16-9-12-20-13-10-16)18(8-11-19)17-6-4-3-5-7-17/h3-7,16,18,20H,2,8-10,12-15H2,1H3. The molecular weight excluding hydrogens is 258 g/mol. The van der Waals surface area contributed by atoms with E-state index in [9.17, 15) is 5.26 Å². The molecule has 1 fully saturated rings. The second-order valence-corrected chi connectivity index (χ2v) is 5.98. The predicted octanol–water partition coefficient (Wildman–Crippen LogP) is 3.35. The molecule has 3 heteroatoms. The molecule has 1 atom stereocenters. The number of nitrogens with one attached hydrogen (secondary N) is 1. The van der Waals surface area contributed by atoms with Crippen molar-refractivity contribution in [3.05, 3.63) is 35.9 Å². The molecule has 0 aromatic heterocycles. The van der Waals surface area contributed by atoms with Gasteiger partial charge < -0.3 is 5.32 Å². The van der Waals surface area contributed by atoms with E-state index >= 15 is 0 Å². The first-order valence-corrected chi connectivity index (χ1v) is 8.21. The van der Waals surface area contributed by atoms with Gasteiger partial charge in [0, 0.05) is 12.6 Å². The van der Waals surface area contributed by atoms with Crippen molar-refractivity contribution < 1.29 is 0 Å². The summed E-state index contributed by atoms with van der Waals surface area (Å²) in [6, 6.07) is 13.2. The molecule has 0 amide bonds. The molecule has 114 valence electrons. The maximum Gasteiger partial charge on any atom is 0.0641 e. The minimum absolute atomic E-state index is 0.242. The van der Waals surface area contributed by atoms with E-state index in [1.807, 2.05) is 6.07 Å². The SMILES string of the molecule is CCCN(CC1CCNCC1)C(CC#N)c1ccccc1. The summed E-state index contributed by atoms with van der Waals surface area (Å²) in [6.45, 7) is 6.70. The van der Waals surface area contributed by atoms with Crippen molar-refractivity contribution in [2.45, 2.75) is 38.6 Å². The highest BCUT2D eigenvalue weighted by Crippen LogP contribution is 2.27. The molecule has 1 saturated heterocycles. The van der Waals surface area contributed by atoms with Crippen LogP contribution in [-0.4, -0.2) is 31.1 Å². The van der Waals surface area contributed by atoms with Crippen LogP contribution >= 0.6 is 0 Å². The molecule has 3 nitrogen and oxygen atoms in total. The Morgan fingerprint density at radius 2 is 2.00 bits per heavy atom. The Labute approximate surface area is 129 Å². The molecule has 0 radical (unpaired) electrons. The van der Waals surface area contributed by atoms with Gasteiger partial charge >= 0.3 is 0 Å². The summed E-state index contributed by atoms with van der Waals surface area (Å²) in [5, 5.41) is 12.7. The van der Waals surface area contributed by atoms with Gasteiger partial charge in [0.1, 0.15) is 0 Å². The van der Waals surface area contributed by atoms with Gasteiger partial charge in [-0.25, -0.2) is 0 Å². The smallest absolute Gasteiger partial charge is 0.0641 e. The van der Waals surface area contributed by atoms with Crippen molar-refractivity contribution in [3.63, 3.8) is 0 Å². The van der Waals surface area contributed by atoms with Gasteiger partial charge in [0.2, 0.25) is 0 Å². The lowest BCUT2D eigenvalue weighted by Crippen LogP contribution is -2.38. The molecule has 1 aliphatic rings. The Balaban J connectivity index is 2.10. The summed E-state index contributed by atoms with van der Waals surface area (Å²) < 4.78 is 0. The van der Waals surface area contributed by atoms with E-state index in [-0.39, 0.29) is 6.04 Å². The number of rotatable bonds is 7. The number of piperidine rings is 1. The van der Waals surface area contributed by atoms with E-state index in [0.29, 0.717) is 6.42 Å². The fraction of sp³-hybridized carbons (Fsp3) is 0.611. The number of hydrogen-bond donors (Lipinski definition) is 1. The van der Waals surface area contributed by atoms with Crippen LogP contribution in [0.25, 0.3) is 0 Å². The third-order valence-corrected chi connectivity index (χ3v) is 4.37. The van der Waals surface area contributed by atoms with Gasteiger partial charge in [0.15, 0.2) is 0 Å². The number of hydrogen-bond acceptors (Lipinski definition) is 3. The van der Waals surface area contributed by atoms with Crippen molar-refractivity contribution in [1.82, 2.24) is 10.2 Å². The molecule has 0 aliphatic carbocycles. The van der Waals surface area contributed by atoms with E-state index in [1.165, 1.54) is 18.4 Å². The summed E-state index contributed by atoms with van der Waals surface area (Å²) in [4.78, 5) is 2.54. The Morgan fingerprint density at radius 3 is 2.62 bits per heavy atom. The summed E-state index contributed by atoms with van der Waals surface area (Å²) in [5.41, 5.74) is 1.28. The fourth-order valence-electron chi connectivity index (χ4n) is 3.28. The monoisotopic (exact) mass is 285 g/mol. The zero-order valence-corrected chi connectivity index (χ0v) is 13.1. The van der Waals surface area contributed by atoms with Gasteiger partial charge in [-0.3, -0.25) is 4.90 Å². The van der Waals surface area contributed by atoms with E-state index < -0.39 is 0 Å². The zero-order valence-electron chi connectivity index (χ0n) is 13.1. The van der Waals surface area contributed by atoms with Gasteiger partial charge in [-0.05, 0) is 50.4 Å². The number of benzene rings is 1. The molecule has 0 saturated carbocycles. The first kappa shape index (κ1) is 16.0. The quantitative estimate of drug-likeness (QED) is 0.835. The molecule has 0 bridgehead atoms. The largest absolute Gasteiger partial charge is 0.317 e. The zero-order chi connectivity index (χ0) is 14.9. The first-order valence-electron chi connectivity index (χ1n) is 8.21. The van der Waals surface area contributed by atoms with Gasteiger partial charge in [-0.15, -0.1) is 0 Å². The molecule has 21 heavy (non-hydrogen) atoms. The molecule has 0 spiro atoms. The Hall–Kier alpha value is -1.37. The van der Waals surface area contributed by atoms with Gasteiger partial charge in [0.05, 0.1) is 12.5 Å². The Morgan fingerprint density at radius 1 is 1.29 bits per heavy atom. The van der Waals surface area contributed by atoms with Crippen molar-refractivity contribution in [2.75, 3.05) is 26.2 Å². The van der Waals surface area contributed by atoms with Crippen LogP contribution in [0.4, 0.5) is 0 Å². The van der Waals surface area contributed by atoms with Crippen molar-refractivity contribution in [1.29, 1.82) is 5.26 Å². The van der Waals surface area contributed by atoms with Crippen LogP contribution in [0.2, 0.25) is 0 Å². The lowest BCUT2D eigenvalue weighted by Gasteiger charge is -2.35. The summed E-state index contributed by atoms with van der Waals surface area (Å²) in [6.07, 6.45) is 4.23. The average Bonchev–Trinajstić information content (AvgIpc) is 2.54. The van der Waals surface area contributed by atoms with Crippen molar-refractivity contribution in [2.24, 2.45) is 5.92 Å². The second kappa shape index (κ2) is 8.81. The average molecular weight is 285 g/mol. The molecule has 1 heterocycles. The van der Waals surface area contributed by atoms with Crippen molar-refractivity contribution in [3.8, 4) is 6.07 Å².